The smallest absolute Gasteiger partial charge is 0.258 e. The van der Waals surface area contributed by atoms with Gasteiger partial charge >= 0.3 is 0 Å². The zero-order valence-corrected chi connectivity index (χ0v) is 18.4. The maximum Gasteiger partial charge on any atom is 0.258 e. The lowest BCUT2D eigenvalue weighted by Gasteiger charge is -2.29. The van der Waals surface area contributed by atoms with Crippen LogP contribution in [-0.2, 0) is 6.54 Å². The van der Waals surface area contributed by atoms with Gasteiger partial charge < -0.3 is 19.5 Å². The molecule has 3 aromatic rings. The first-order valence-electron chi connectivity index (χ1n) is 10.7. The summed E-state index contributed by atoms with van der Waals surface area (Å²) in [5.74, 6) is 1.03. The number of ether oxygens (including phenoxy) is 1. The van der Waals surface area contributed by atoms with Crippen molar-refractivity contribution in [3.63, 3.8) is 0 Å². The Labute approximate surface area is 182 Å². The van der Waals surface area contributed by atoms with Gasteiger partial charge in [-0.1, -0.05) is 6.07 Å². The van der Waals surface area contributed by atoms with E-state index in [1.807, 2.05) is 48.0 Å². The summed E-state index contributed by atoms with van der Waals surface area (Å²) in [6, 6.07) is 12.8. The number of nitrogens with one attached hydrogen (secondary N) is 1. The normalized spacial score (nSPS) is 15.2. The van der Waals surface area contributed by atoms with Crippen molar-refractivity contribution < 1.29 is 9.53 Å². The van der Waals surface area contributed by atoms with Gasteiger partial charge in [0.15, 0.2) is 0 Å². The predicted octanol–water partition coefficient (Wildman–Crippen LogP) is 3.91. The Bertz CT molecular complexity index is 1160. The monoisotopic (exact) mass is 419 g/mol. The number of pyridine rings is 1. The van der Waals surface area contributed by atoms with Gasteiger partial charge in [-0.15, -0.1) is 0 Å². The van der Waals surface area contributed by atoms with Crippen molar-refractivity contribution in [3.8, 4) is 5.75 Å². The minimum Gasteiger partial charge on any atom is -0.497 e. The highest BCUT2D eigenvalue weighted by atomic mass is 16.5. The van der Waals surface area contributed by atoms with Gasteiger partial charge in [0.1, 0.15) is 5.75 Å². The van der Waals surface area contributed by atoms with Gasteiger partial charge in [0.2, 0.25) is 0 Å². The highest BCUT2D eigenvalue weighted by Gasteiger charge is 2.18. The third kappa shape index (κ3) is 4.49. The first-order chi connectivity index (χ1) is 15.0. The maximum absolute atomic E-state index is 13.1. The Balaban J connectivity index is 1.59. The van der Waals surface area contributed by atoms with Crippen molar-refractivity contribution in [1.82, 2.24) is 9.47 Å². The van der Waals surface area contributed by atoms with E-state index in [4.69, 9.17) is 4.74 Å². The average molecular weight is 420 g/mol. The second-order valence-corrected chi connectivity index (χ2v) is 8.42. The lowest BCUT2D eigenvalue weighted by molar-refractivity contribution is 0.102. The molecule has 0 unspecified atom stereocenters. The van der Waals surface area contributed by atoms with E-state index in [0.29, 0.717) is 28.3 Å². The van der Waals surface area contributed by atoms with Gasteiger partial charge in [-0.05, 0) is 87.8 Å². The molecule has 0 bridgehead atoms. The first kappa shape index (κ1) is 21.1. The van der Waals surface area contributed by atoms with Crippen LogP contribution in [0, 0.1) is 12.8 Å². The van der Waals surface area contributed by atoms with Gasteiger partial charge in [0.05, 0.1) is 7.11 Å². The van der Waals surface area contributed by atoms with Crippen LogP contribution in [-0.4, -0.2) is 42.6 Å². The van der Waals surface area contributed by atoms with E-state index in [1.54, 1.807) is 19.2 Å². The molecule has 31 heavy (non-hydrogen) atoms. The number of methoxy groups -OCH3 is 1. The number of hydrogen-bond donors (Lipinski definition) is 1. The average Bonchev–Trinajstić information content (AvgIpc) is 2.77. The van der Waals surface area contributed by atoms with Gasteiger partial charge in [-0.3, -0.25) is 9.59 Å². The second-order valence-electron chi connectivity index (χ2n) is 8.42. The fourth-order valence-corrected chi connectivity index (χ4v) is 4.30. The summed E-state index contributed by atoms with van der Waals surface area (Å²) in [4.78, 5) is 28.3. The van der Waals surface area contributed by atoms with Crippen LogP contribution >= 0.6 is 0 Å². The van der Waals surface area contributed by atoms with Crippen molar-refractivity contribution in [2.75, 3.05) is 32.6 Å². The zero-order chi connectivity index (χ0) is 22.0. The number of nitrogens with zero attached hydrogens (tertiary/aromatic N) is 2. The van der Waals surface area contributed by atoms with Gasteiger partial charge in [0.25, 0.3) is 11.5 Å². The molecule has 0 atom stereocenters. The quantitative estimate of drug-likeness (QED) is 0.681. The molecule has 6 nitrogen and oxygen atoms in total. The number of fused-ring (bicyclic) bond motifs is 1. The highest BCUT2D eigenvalue weighted by Crippen LogP contribution is 2.24. The zero-order valence-electron chi connectivity index (χ0n) is 18.4. The van der Waals surface area contributed by atoms with Crippen molar-refractivity contribution in [2.24, 2.45) is 5.92 Å². The molecule has 0 saturated carbocycles. The molecule has 1 N–H and O–H groups in total. The number of carbonyl (C=O) groups excluding carboxylic acids is 1. The molecule has 1 fully saturated rings. The molecule has 1 aliphatic rings. The number of carbonyl (C=O) groups is 1. The van der Waals surface area contributed by atoms with Crippen LogP contribution in [0.4, 0.5) is 5.69 Å². The molecule has 0 aliphatic carbocycles. The second kappa shape index (κ2) is 8.94. The summed E-state index contributed by atoms with van der Waals surface area (Å²) in [6.45, 7) is 4.77. The molecule has 0 radical (unpaired) electrons. The van der Waals surface area contributed by atoms with Gasteiger partial charge in [-0.2, -0.15) is 0 Å². The SMILES string of the molecule is COc1ccc(C(=O)Nc2cccc3c(=O)n(CC4CCN(C)CC4)ccc23)c(C)c1. The number of rotatable bonds is 5. The predicted molar refractivity (Wildman–Crippen MR) is 124 cm³/mol. The van der Waals surface area contributed by atoms with Gasteiger partial charge in [0, 0.05) is 34.8 Å². The summed E-state index contributed by atoms with van der Waals surface area (Å²) in [5.41, 5.74) is 2.04. The molecule has 4 rings (SSSR count). The maximum atomic E-state index is 13.1. The minimum absolute atomic E-state index is 0.00634. The van der Waals surface area contributed by atoms with Crippen LogP contribution in [0.5, 0.6) is 5.75 Å². The molecule has 2 heterocycles. The summed E-state index contributed by atoms with van der Waals surface area (Å²) < 4.78 is 7.04. The van der Waals surface area contributed by atoms with Crippen LogP contribution in [0.25, 0.3) is 10.8 Å². The molecule has 162 valence electrons. The number of amides is 1. The summed E-state index contributed by atoms with van der Waals surface area (Å²) in [6.07, 6.45) is 4.08. The van der Waals surface area contributed by atoms with Gasteiger partial charge in [-0.25, -0.2) is 0 Å². The number of likely N-dealkylation sites (tertiary alicyclic amines) is 1. The van der Waals surface area contributed by atoms with Crippen molar-refractivity contribution in [3.05, 3.63) is 70.1 Å². The van der Waals surface area contributed by atoms with E-state index >= 15 is 0 Å². The van der Waals surface area contributed by atoms with Crippen LogP contribution in [0.3, 0.4) is 0 Å². The third-order valence-corrected chi connectivity index (χ3v) is 6.24. The molecular formula is C25H29N3O3. The number of anilines is 1. The topological polar surface area (TPSA) is 63.6 Å². The summed E-state index contributed by atoms with van der Waals surface area (Å²) in [7, 11) is 3.74. The molecule has 1 aromatic heterocycles. The Morgan fingerprint density at radius 3 is 2.61 bits per heavy atom. The Kier molecular flexibility index (Phi) is 6.09. The van der Waals surface area contributed by atoms with E-state index < -0.39 is 0 Å². The Morgan fingerprint density at radius 1 is 1.13 bits per heavy atom. The van der Waals surface area contributed by atoms with E-state index in [9.17, 15) is 9.59 Å². The fraction of sp³-hybridized carbons (Fsp3) is 0.360. The number of benzene rings is 2. The van der Waals surface area contributed by atoms with E-state index in [0.717, 1.165) is 43.4 Å². The molecule has 1 aliphatic heterocycles. The minimum atomic E-state index is -0.205. The van der Waals surface area contributed by atoms with Crippen molar-refractivity contribution >= 4 is 22.4 Å². The van der Waals surface area contributed by atoms with Crippen LogP contribution in [0.1, 0.15) is 28.8 Å². The van der Waals surface area contributed by atoms with E-state index in [-0.39, 0.29) is 11.5 Å². The lowest BCUT2D eigenvalue weighted by atomic mass is 9.97. The summed E-state index contributed by atoms with van der Waals surface area (Å²) >= 11 is 0. The van der Waals surface area contributed by atoms with Crippen molar-refractivity contribution in [2.45, 2.75) is 26.3 Å². The largest absolute Gasteiger partial charge is 0.497 e. The van der Waals surface area contributed by atoms with Crippen LogP contribution in [0.2, 0.25) is 0 Å². The lowest BCUT2D eigenvalue weighted by Crippen LogP contribution is -2.33. The molecule has 2 aromatic carbocycles. The highest BCUT2D eigenvalue weighted by molar-refractivity contribution is 6.09. The van der Waals surface area contributed by atoms with Crippen LogP contribution < -0.4 is 15.6 Å². The molecule has 6 heteroatoms. The molecule has 1 saturated heterocycles. The van der Waals surface area contributed by atoms with Crippen molar-refractivity contribution in [1.29, 1.82) is 0 Å². The number of aromatic nitrogens is 1. The van der Waals surface area contributed by atoms with E-state index in [1.165, 1.54) is 0 Å². The fourth-order valence-electron chi connectivity index (χ4n) is 4.30. The Hall–Kier alpha value is -3.12. The Morgan fingerprint density at radius 2 is 1.90 bits per heavy atom. The number of hydrogen-bond acceptors (Lipinski definition) is 4. The first-order valence-corrected chi connectivity index (χ1v) is 10.7. The van der Waals surface area contributed by atoms with E-state index in [2.05, 4.69) is 17.3 Å². The summed E-state index contributed by atoms with van der Waals surface area (Å²) in [5, 5.41) is 4.36. The standard InChI is InChI=1S/C25H29N3O3/c1-17-15-19(31-3)7-8-20(17)24(29)26-23-6-4-5-22-21(23)11-14-28(25(22)30)16-18-9-12-27(2)13-10-18/h4-8,11,14-15,18H,9-10,12-13,16H2,1-3H3,(H,26,29). The number of aryl methyl sites for hydroxylation is 1. The third-order valence-electron chi connectivity index (χ3n) is 6.24. The molecule has 0 spiro atoms. The van der Waals surface area contributed by atoms with Crippen LogP contribution in [0.15, 0.2) is 53.5 Å². The molecular weight excluding hydrogens is 390 g/mol. The molecule has 1 amide bonds. The number of piperidine rings is 1.